The molecule has 1 fully saturated rings. The summed E-state index contributed by atoms with van der Waals surface area (Å²) < 4.78 is 0. The van der Waals surface area contributed by atoms with E-state index in [1.807, 2.05) is 12.3 Å². The molecule has 0 aromatic carbocycles. The molecule has 0 bridgehead atoms. The summed E-state index contributed by atoms with van der Waals surface area (Å²) in [5.41, 5.74) is 1.22. The van der Waals surface area contributed by atoms with Gasteiger partial charge in [-0.1, -0.05) is 51.5 Å². The van der Waals surface area contributed by atoms with Crippen molar-refractivity contribution in [3.05, 3.63) is 30.1 Å². The fourth-order valence-electron chi connectivity index (χ4n) is 3.30. The van der Waals surface area contributed by atoms with Gasteiger partial charge < -0.3 is 5.32 Å². The molecule has 1 aliphatic carbocycles. The lowest BCUT2D eigenvalue weighted by Crippen LogP contribution is -2.33. The van der Waals surface area contributed by atoms with Gasteiger partial charge in [0, 0.05) is 24.4 Å². The van der Waals surface area contributed by atoms with Crippen LogP contribution in [0.15, 0.2) is 24.4 Å². The Morgan fingerprint density at radius 2 is 2.00 bits per heavy atom. The third kappa shape index (κ3) is 5.32. The number of nitrogens with one attached hydrogen (secondary N) is 1. The Labute approximate surface area is 118 Å². The first-order valence-corrected chi connectivity index (χ1v) is 8.01. The van der Waals surface area contributed by atoms with E-state index in [1.54, 1.807) is 0 Å². The molecule has 1 heterocycles. The Bertz CT molecular complexity index is 328. The van der Waals surface area contributed by atoms with Crippen LogP contribution in [0.5, 0.6) is 0 Å². The highest BCUT2D eigenvalue weighted by atomic mass is 14.9. The van der Waals surface area contributed by atoms with Gasteiger partial charge in [0.15, 0.2) is 0 Å². The number of aromatic nitrogens is 1. The summed E-state index contributed by atoms with van der Waals surface area (Å²) in [4.78, 5) is 4.47. The van der Waals surface area contributed by atoms with Gasteiger partial charge in [-0.15, -0.1) is 0 Å². The molecule has 0 aliphatic heterocycles. The molecule has 2 nitrogen and oxygen atoms in total. The second-order valence-corrected chi connectivity index (χ2v) is 5.87. The van der Waals surface area contributed by atoms with Gasteiger partial charge in [0.1, 0.15) is 0 Å². The van der Waals surface area contributed by atoms with E-state index in [0.717, 1.165) is 18.9 Å². The largest absolute Gasteiger partial charge is 0.314 e. The van der Waals surface area contributed by atoms with E-state index in [0.29, 0.717) is 6.04 Å². The van der Waals surface area contributed by atoms with Gasteiger partial charge >= 0.3 is 0 Å². The van der Waals surface area contributed by atoms with E-state index in [2.05, 4.69) is 29.4 Å². The van der Waals surface area contributed by atoms with Crippen molar-refractivity contribution in [3.8, 4) is 0 Å². The standard InChI is InChI=1S/C17H28N2/c1-2-18-17(14-16-11-7-8-12-19-16)13-15-9-5-3-4-6-10-15/h7-8,11-12,15,17-18H,2-6,9-10,13-14H2,1H3. The smallest absolute Gasteiger partial charge is 0.0419 e. The maximum atomic E-state index is 4.47. The summed E-state index contributed by atoms with van der Waals surface area (Å²) in [6.07, 6.45) is 12.9. The molecule has 2 rings (SSSR count). The minimum atomic E-state index is 0.600. The van der Waals surface area contributed by atoms with E-state index in [-0.39, 0.29) is 0 Å². The van der Waals surface area contributed by atoms with Crippen LogP contribution in [0.25, 0.3) is 0 Å². The molecule has 0 spiro atoms. The van der Waals surface area contributed by atoms with E-state index < -0.39 is 0 Å². The number of hydrogen-bond acceptors (Lipinski definition) is 2. The molecular weight excluding hydrogens is 232 g/mol. The number of hydrogen-bond donors (Lipinski definition) is 1. The molecule has 1 aliphatic rings. The molecule has 1 aromatic rings. The molecule has 1 unspecified atom stereocenters. The first kappa shape index (κ1) is 14.5. The highest BCUT2D eigenvalue weighted by molar-refractivity contribution is 5.05. The fraction of sp³-hybridized carbons (Fsp3) is 0.706. The van der Waals surface area contributed by atoms with Gasteiger partial charge in [0.05, 0.1) is 0 Å². The van der Waals surface area contributed by atoms with Crippen molar-refractivity contribution < 1.29 is 0 Å². The Kier molecular flexibility index (Phi) is 6.35. The lowest BCUT2D eigenvalue weighted by molar-refractivity contribution is 0.351. The van der Waals surface area contributed by atoms with Crippen LogP contribution in [-0.2, 0) is 6.42 Å². The van der Waals surface area contributed by atoms with E-state index in [1.165, 1.54) is 50.6 Å². The molecule has 0 amide bonds. The number of pyridine rings is 1. The molecule has 0 radical (unpaired) electrons. The molecule has 1 saturated carbocycles. The summed E-state index contributed by atoms with van der Waals surface area (Å²) >= 11 is 0. The van der Waals surface area contributed by atoms with Crippen molar-refractivity contribution in [3.63, 3.8) is 0 Å². The predicted octanol–water partition coefficient (Wildman–Crippen LogP) is 3.96. The van der Waals surface area contributed by atoms with Crippen molar-refractivity contribution >= 4 is 0 Å². The SMILES string of the molecule is CCNC(Cc1ccccn1)CC1CCCCCC1. The molecule has 19 heavy (non-hydrogen) atoms. The third-order valence-electron chi connectivity index (χ3n) is 4.27. The summed E-state index contributed by atoms with van der Waals surface area (Å²) in [5.74, 6) is 0.926. The van der Waals surface area contributed by atoms with Crippen molar-refractivity contribution in [1.82, 2.24) is 10.3 Å². The second-order valence-electron chi connectivity index (χ2n) is 5.87. The van der Waals surface area contributed by atoms with Gasteiger partial charge in [-0.3, -0.25) is 4.98 Å². The van der Waals surface area contributed by atoms with Crippen LogP contribution < -0.4 is 5.32 Å². The van der Waals surface area contributed by atoms with E-state index in [4.69, 9.17) is 0 Å². The summed E-state index contributed by atoms with van der Waals surface area (Å²) in [5, 5.41) is 3.66. The Balaban J connectivity index is 1.87. The van der Waals surface area contributed by atoms with Crippen LogP contribution in [0.3, 0.4) is 0 Å². The van der Waals surface area contributed by atoms with Crippen LogP contribution >= 0.6 is 0 Å². The van der Waals surface area contributed by atoms with Crippen molar-refractivity contribution in [2.45, 2.75) is 64.3 Å². The minimum Gasteiger partial charge on any atom is -0.314 e. The molecule has 106 valence electrons. The molecule has 0 saturated heterocycles. The van der Waals surface area contributed by atoms with Gasteiger partial charge in [-0.2, -0.15) is 0 Å². The Hall–Kier alpha value is -0.890. The molecule has 1 aromatic heterocycles. The first-order valence-electron chi connectivity index (χ1n) is 8.01. The molecular formula is C17H28N2. The number of likely N-dealkylation sites (N-methyl/N-ethyl adjacent to an activating group) is 1. The van der Waals surface area contributed by atoms with Crippen LogP contribution in [0.2, 0.25) is 0 Å². The minimum absolute atomic E-state index is 0.600. The average Bonchev–Trinajstić information content (AvgIpc) is 2.69. The van der Waals surface area contributed by atoms with Crippen LogP contribution in [-0.4, -0.2) is 17.6 Å². The molecule has 2 heteroatoms. The third-order valence-corrected chi connectivity index (χ3v) is 4.27. The van der Waals surface area contributed by atoms with Crippen molar-refractivity contribution in [1.29, 1.82) is 0 Å². The zero-order valence-corrected chi connectivity index (χ0v) is 12.3. The highest BCUT2D eigenvalue weighted by Crippen LogP contribution is 2.27. The normalized spacial score (nSPS) is 19.0. The summed E-state index contributed by atoms with van der Waals surface area (Å²) in [7, 11) is 0. The molecule has 1 N–H and O–H groups in total. The maximum absolute atomic E-state index is 4.47. The molecule has 1 atom stereocenters. The topological polar surface area (TPSA) is 24.9 Å². The quantitative estimate of drug-likeness (QED) is 0.783. The van der Waals surface area contributed by atoms with E-state index in [9.17, 15) is 0 Å². The maximum Gasteiger partial charge on any atom is 0.0419 e. The Morgan fingerprint density at radius 1 is 1.21 bits per heavy atom. The second kappa shape index (κ2) is 8.31. The van der Waals surface area contributed by atoms with Gasteiger partial charge in [0.2, 0.25) is 0 Å². The van der Waals surface area contributed by atoms with E-state index >= 15 is 0 Å². The highest BCUT2D eigenvalue weighted by Gasteiger charge is 2.18. The van der Waals surface area contributed by atoms with Gasteiger partial charge in [-0.05, 0) is 31.0 Å². The van der Waals surface area contributed by atoms with Crippen molar-refractivity contribution in [2.24, 2.45) is 5.92 Å². The first-order chi connectivity index (χ1) is 9.38. The van der Waals surface area contributed by atoms with Crippen LogP contribution in [0.1, 0.15) is 57.6 Å². The number of nitrogens with zero attached hydrogens (tertiary/aromatic N) is 1. The summed E-state index contributed by atoms with van der Waals surface area (Å²) in [6, 6.07) is 6.84. The van der Waals surface area contributed by atoms with Gasteiger partial charge in [0.25, 0.3) is 0 Å². The fourth-order valence-corrected chi connectivity index (χ4v) is 3.30. The summed E-state index contributed by atoms with van der Waals surface area (Å²) in [6.45, 7) is 3.27. The van der Waals surface area contributed by atoms with Crippen LogP contribution in [0.4, 0.5) is 0 Å². The predicted molar refractivity (Wildman–Crippen MR) is 81.2 cm³/mol. The lowest BCUT2D eigenvalue weighted by atomic mass is 9.90. The van der Waals surface area contributed by atoms with Gasteiger partial charge in [-0.25, -0.2) is 0 Å². The number of rotatable bonds is 6. The monoisotopic (exact) mass is 260 g/mol. The Morgan fingerprint density at radius 3 is 2.63 bits per heavy atom. The average molecular weight is 260 g/mol. The zero-order valence-electron chi connectivity index (χ0n) is 12.3. The van der Waals surface area contributed by atoms with Crippen LogP contribution in [0, 0.1) is 5.92 Å². The van der Waals surface area contributed by atoms with Crippen molar-refractivity contribution in [2.75, 3.05) is 6.54 Å². The zero-order chi connectivity index (χ0) is 13.3. The lowest BCUT2D eigenvalue weighted by Gasteiger charge is -2.23.